The molecule has 1 N–H and O–H groups in total. The highest BCUT2D eigenvalue weighted by atomic mass is 16.5. The van der Waals surface area contributed by atoms with Crippen LogP contribution in [0.2, 0.25) is 0 Å². The summed E-state index contributed by atoms with van der Waals surface area (Å²) in [4.78, 5) is 0. The van der Waals surface area contributed by atoms with Crippen molar-refractivity contribution < 1.29 is 9.47 Å². The second-order valence-electron chi connectivity index (χ2n) is 5.29. The number of hydrogen-bond acceptors (Lipinski definition) is 3. The molecular formula is C18H21NO2. The average molecular weight is 283 g/mol. The predicted molar refractivity (Wildman–Crippen MR) is 85.3 cm³/mol. The zero-order chi connectivity index (χ0) is 14.7. The Morgan fingerprint density at radius 1 is 1.19 bits per heavy atom. The van der Waals surface area contributed by atoms with Gasteiger partial charge in [-0.3, -0.25) is 0 Å². The van der Waals surface area contributed by atoms with E-state index in [9.17, 15) is 0 Å². The summed E-state index contributed by atoms with van der Waals surface area (Å²) in [6, 6.07) is 14.9. The largest absolute Gasteiger partial charge is 0.497 e. The van der Waals surface area contributed by atoms with Gasteiger partial charge in [0.05, 0.1) is 19.8 Å². The first-order valence-electron chi connectivity index (χ1n) is 7.46. The fourth-order valence-corrected chi connectivity index (χ4v) is 2.69. The van der Waals surface area contributed by atoms with E-state index in [1.165, 1.54) is 11.1 Å². The van der Waals surface area contributed by atoms with Crippen LogP contribution in [0.15, 0.2) is 42.5 Å². The molecule has 1 aliphatic rings. The molecule has 0 fully saturated rings. The van der Waals surface area contributed by atoms with Crippen LogP contribution in [0.3, 0.4) is 0 Å². The lowest BCUT2D eigenvalue weighted by Gasteiger charge is -2.28. The van der Waals surface area contributed by atoms with E-state index < -0.39 is 0 Å². The van der Waals surface area contributed by atoms with Gasteiger partial charge in [-0.1, -0.05) is 19.1 Å². The Bertz CT molecular complexity index is 607. The summed E-state index contributed by atoms with van der Waals surface area (Å²) in [5.74, 6) is 1.82. The highest BCUT2D eigenvalue weighted by Gasteiger charge is 2.22. The predicted octanol–water partition coefficient (Wildman–Crippen LogP) is 4.19. The Labute approximate surface area is 125 Å². The number of benzene rings is 2. The van der Waals surface area contributed by atoms with Crippen LogP contribution in [0, 0.1) is 0 Å². The molecule has 1 heterocycles. The first-order chi connectivity index (χ1) is 10.3. The maximum atomic E-state index is 5.73. The van der Waals surface area contributed by atoms with Crippen LogP contribution in [0.4, 0.5) is 5.69 Å². The first-order valence-corrected chi connectivity index (χ1v) is 7.46. The van der Waals surface area contributed by atoms with Crippen molar-refractivity contribution in [1.29, 1.82) is 0 Å². The van der Waals surface area contributed by atoms with Gasteiger partial charge < -0.3 is 14.8 Å². The normalized spacial score (nSPS) is 16.8. The third kappa shape index (κ3) is 2.97. The molecule has 0 aliphatic carbocycles. The van der Waals surface area contributed by atoms with E-state index in [1.54, 1.807) is 7.11 Å². The first kappa shape index (κ1) is 13.8. The molecule has 2 aromatic carbocycles. The van der Waals surface area contributed by atoms with Crippen molar-refractivity contribution in [2.24, 2.45) is 0 Å². The summed E-state index contributed by atoms with van der Waals surface area (Å²) in [7, 11) is 1.69. The fraction of sp³-hybridized carbons (Fsp3) is 0.333. The third-order valence-corrected chi connectivity index (χ3v) is 3.96. The highest BCUT2D eigenvalue weighted by molar-refractivity contribution is 5.51. The van der Waals surface area contributed by atoms with Crippen molar-refractivity contribution in [3.63, 3.8) is 0 Å². The summed E-state index contributed by atoms with van der Waals surface area (Å²) in [6.07, 6.45) is 2.02. The molecule has 1 atom stereocenters. The van der Waals surface area contributed by atoms with Crippen LogP contribution in [-0.2, 0) is 6.42 Å². The molecule has 1 unspecified atom stereocenters. The van der Waals surface area contributed by atoms with E-state index in [2.05, 4.69) is 42.6 Å². The monoisotopic (exact) mass is 283 g/mol. The summed E-state index contributed by atoms with van der Waals surface area (Å²) in [5.41, 5.74) is 3.67. The number of hydrogen-bond donors (Lipinski definition) is 1. The summed E-state index contributed by atoms with van der Waals surface area (Å²) < 4.78 is 11.1. The van der Waals surface area contributed by atoms with Crippen molar-refractivity contribution in [3.05, 3.63) is 53.6 Å². The molecule has 0 amide bonds. The van der Waals surface area contributed by atoms with Gasteiger partial charge >= 0.3 is 0 Å². The zero-order valence-corrected chi connectivity index (χ0v) is 12.6. The van der Waals surface area contributed by atoms with E-state index >= 15 is 0 Å². The number of nitrogens with one attached hydrogen (secondary N) is 1. The molecule has 0 saturated carbocycles. The third-order valence-electron chi connectivity index (χ3n) is 3.96. The fourth-order valence-electron chi connectivity index (χ4n) is 2.69. The number of fused-ring (bicyclic) bond motifs is 1. The van der Waals surface area contributed by atoms with Gasteiger partial charge in [0, 0.05) is 17.7 Å². The maximum absolute atomic E-state index is 5.73. The molecule has 0 saturated heterocycles. The Morgan fingerprint density at radius 2 is 2.00 bits per heavy atom. The van der Waals surface area contributed by atoms with Crippen LogP contribution >= 0.6 is 0 Å². The molecule has 110 valence electrons. The van der Waals surface area contributed by atoms with Gasteiger partial charge in [-0.25, -0.2) is 0 Å². The van der Waals surface area contributed by atoms with Crippen molar-refractivity contribution in [3.8, 4) is 11.5 Å². The Balaban J connectivity index is 1.83. The number of anilines is 1. The van der Waals surface area contributed by atoms with E-state index in [4.69, 9.17) is 9.47 Å². The van der Waals surface area contributed by atoms with Gasteiger partial charge in [-0.05, 0) is 42.3 Å². The van der Waals surface area contributed by atoms with E-state index in [-0.39, 0.29) is 6.04 Å². The molecule has 1 aliphatic heterocycles. The maximum Gasteiger partial charge on any atom is 0.124 e. The van der Waals surface area contributed by atoms with Crippen LogP contribution in [0.25, 0.3) is 0 Å². The van der Waals surface area contributed by atoms with Gasteiger partial charge in [0.1, 0.15) is 11.5 Å². The van der Waals surface area contributed by atoms with Crippen molar-refractivity contribution >= 4 is 5.69 Å². The molecule has 3 nitrogen and oxygen atoms in total. The van der Waals surface area contributed by atoms with Gasteiger partial charge in [0.2, 0.25) is 0 Å². The van der Waals surface area contributed by atoms with Crippen LogP contribution < -0.4 is 14.8 Å². The van der Waals surface area contributed by atoms with Gasteiger partial charge in [-0.2, -0.15) is 0 Å². The number of rotatable bonds is 4. The molecule has 3 rings (SSSR count). The molecule has 0 radical (unpaired) electrons. The lowest BCUT2D eigenvalue weighted by atomic mass is 9.99. The number of ether oxygens (including phenoxy) is 2. The van der Waals surface area contributed by atoms with Crippen LogP contribution in [-0.4, -0.2) is 13.7 Å². The summed E-state index contributed by atoms with van der Waals surface area (Å²) in [6.45, 7) is 2.91. The minimum atomic E-state index is 0.260. The van der Waals surface area contributed by atoms with E-state index in [0.717, 1.165) is 36.6 Å². The van der Waals surface area contributed by atoms with E-state index in [0.29, 0.717) is 0 Å². The minimum Gasteiger partial charge on any atom is -0.497 e. The summed E-state index contributed by atoms with van der Waals surface area (Å²) >= 11 is 0. The Morgan fingerprint density at radius 3 is 2.71 bits per heavy atom. The van der Waals surface area contributed by atoms with Crippen LogP contribution in [0.5, 0.6) is 11.5 Å². The van der Waals surface area contributed by atoms with Gasteiger partial charge in [0.15, 0.2) is 0 Å². The van der Waals surface area contributed by atoms with Gasteiger partial charge in [-0.15, -0.1) is 0 Å². The number of methoxy groups -OCH3 is 1. The Hall–Kier alpha value is -2.16. The molecule has 3 heteroatoms. The topological polar surface area (TPSA) is 30.5 Å². The SMILES string of the molecule is CCc1ccc(NC2CCOc3ccc(OC)cc32)cc1. The Kier molecular flexibility index (Phi) is 4.00. The van der Waals surface area contributed by atoms with E-state index in [1.807, 2.05) is 12.1 Å². The standard InChI is InChI=1S/C18H21NO2/c1-3-13-4-6-14(7-5-13)19-17-10-11-21-18-9-8-15(20-2)12-16(17)18/h4-9,12,17,19H,3,10-11H2,1-2H3. The average Bonchev–Trinajstić information content (AvgIpc) is 2.55. The lowest BCUT2D eigenvalue weighted by molar-refractivity contribution is 0.273. The molecule has 21 heavy (non-hydrogen) atoms. The van der Waals surface area contributed by atoms with Crippen molar-refractivity contribution in [2.45, 2.75) is 25.8 Å². The van der Waals surface area contributed by atoms with Crippen LogP contribution in [0.1, 0.15) is 30.5 Å². The smallest absolute Gasteiger partial charge is 0.124 e. The quantitative estimate of drug-likeness (QED) is 0.912. The highest BCUT2D eigenvalue weighted by Crippen LogP contribution is 2.36. The van der Waals surface area contributed by atoms with Crippen molar-refractivity contribution in [1.82, 2.24) is 0 Å². The molecular weight excluding hydrogens is 262 g/mol. The molecule has 0 bridgehead atoms. The lowest BCUT2D eigenvalue weighted by Crippen LogP contribution is -2.20. The second kappa shape index (κ2) is 6.08. The minimum absolute atomic E-state index is 0.260. The molecule has 2 aromatic rings. The molecule has 0 spiro atoms. The number of aryl methyl sites for hydroxylation is 1. The summed E-state index contributed by atoms with van der Waals surface area (Å²) in [5, 5.41) is 3.60. The van der Waals surface area contributed by atoms with Gasteiger partial charge in [0.25, 0.3) is 0 Å². The van der Waals surface area contributed by atoms with Crippen molar-refractivity contribution in [2.75, 3.05) is 19.0 Å². The second-order valence-corrected chi connectivity index (χ2v) is 5.29. The zero-order valence-electron chi connectivity index (χ0n) is 12.6. The molecule has 0 aromatic heterocycles.